The van der Waals surface area contributed by atoms with Crippen molar-refractivity contribution in [3.8, 4) is 11.4 Å². The Morgan fingerprint density at radius 3 is 2.55 bits per heavy atom. The molecule has 0 aliphatic rings. The number of hydrogen-bond acceptors (Lipinski definition) is 6. The summed E-state index contributed by atoms with van der Waals surface area (Å²) < 4.78 is 43.4. The molecule has 0 aliphatic heterocycles. The van der Waals surface area contributed by atoms with Gasteiger partial charge in [0.15, 0.2) is 13.2 Å². The van der Waals surface area contributed by atoms with Crippen LogP contribution in [0.15, 0.2) is 42.5 Å². The van der Waals surface area contributed by atoms with E-state index in [9.17, 15) is 22.8 Å². The van der Waals surface area contributed by atoms with E-state index in [-0.39, 0.29) is 5.69 Å². The number of nitrogens with one attached hydrogen (secondary N) is 1. The first-order valence-corrected chi connectivity index (χ1v) is 9.16. The van der Waals surface area contributed by atoms with Crippen molar-refractivity contribution >= 4 is 29.2 Å². The van der Waals surface area contributed by atoms with E-state index < -0.39 is 41.8 Å². The molecule has 1 heterocycles. The summed E-state index contributed by atoms with van der Waals surface area (Å²) in [5, 5.41) is 13.4. The van der Waals surface area contributed by atoms with E-state index in [2.05, 4.69) is 20.7 Å². The van der Waals surface area contributed by atoms with Crippen LogP contribution in [0.1, 0.15) is 11.1 Å². The number of carbonyl (C=O) groups excluding carboxylic acids is 2. The van der Waals surface area contributed by atoms with Gasteiger partial charge < -0.3 is 10.1 Å². The van der Waals surface area contributed by atoms with Crippen LogP contribution >= 0.6 is 11.6 Å². The van der Waals surface area contributed by atoms with Crippen LogP contribution in [-0.4, -0.2) is 38.7 Å². The molecule has 2 aromatic carbocycles. The highest BCUT2D eigenvalue weighted by Crippen LogP contribution is 2.36. The van der Waals surface area contributed by atoms with Crippen LogP contribution < -0.4 is 5.32 Å². The molecule has 0 fully saturated rings. The highest BCUT2D eigenvalue weighted by atomic mass is 35.5. The van der Waals surface area contributed by atoms with Crippen molar-refractivity contribution in [2.45, 2.75) is 19.6 Å². The lowest BCUT2D eigenvalue weighted by Gasteiger charge is -2.11. The van der Waals surface area contributed by atoms with Crippen molar-refractivity contribution in [2.24, 2.45) is 0 Å². The van der Waals surface area contributed by atoms with Gasteiger partial charge in [-0.05, 0) is 30.3 Å². The van der Waals surface area contributed by atoms with Gasteiger partial charge >= 0.3 is 12.1 Å². The Bertz CT molecular complexity index is 1100. The second-order valence-corrected chi connectivity index (χ2v) is 6.82. The topological polar surface area (TPSA) is 99.0 Å². The molecule has 0 saturated carbocycles. The van der Waals surface area contributed by atoms with Crippen LogP contribution in [0.3, 0.4) is 0 Å². The SMILES string of the molecule is Cc1ccc(-c2nnn(CC(=O)OCC(=O)Nc3ccc(Cl)c(C(F)(F)F)c3)n2)cc1. The number of tetrazole rings is 1. The molecule has 0 bridgehead atoms. The zero-order chi connectivity index (χ0) is 22.6. The molecule has 31 heavy (non-hydrogen) atoms. The van der Waals surface area contributed by atoms with E-state index in [0.717, 1.165) is 16.4 Å². The Labute approximate surface area is 179 Å². The number of ether oxygens (including phenoxy) is 1. The molecule has 1 aromatic heterocycles. The quantitative estimate of drug-likeness (QED) is 0.573. The van der Waals surface area contributed by atoms with Crippen LogP contribution in [-0.2, 0) is 27.0 Å². The Kier molecular flexibility index (Phi) is 6.54. The second kappa shape index (κ2) is 9.13. The average molecular weight is 454 g/mol. The maximum atomic E-state index is 12.9. The van der Waals surface area contributed by atoms with Crippen molar-refractivity contribution in [2.75, 3.05) is 11.9 Å². The van der Waals surface area contributed by atoms with Gasteiger partial charge in [-0.3, -0.25) is 4.79 Å². The number of alkyl halides is 3. The monoisotopic (exact) mass is 453 g/mol. The summed E-state index contributed by atoms with van der Waals surface area (Å²) in [7, 11) is 0. The van der Waals surface area contributed by atoms with Crippen LogP contribution in [0.5, 0.6) is 0 Å². The van der Waals surface area contributed by atoms with Crippen LogP contribution in [0.2, 0.25) is 5.02 Å². The van der Waals surface area contributed by atoms with E-state index >= 15 is 0 Å². The van der Waals surface area contributed by atoms with Crippen molar-refractivity contribution in [3.05, 3.63) is 58.6 Å². The minimum atomic E-state index is -4.67. The maximum absolute atomic E-state index is 12.9. The summed E-state index contributed by atoms with van der Waals surface area (Å²) in [6.45, 7) is 0.829. The summed E-state index contributed by atoms with van der Waals surface area (Å²) in [4.78, 5) is 24.8. The standard InChI is InChI=1S/C19H15ClF3N5O3/c1-11-2-4-12(5-3-11)18-25-27-28(26-18)9-17(30)31-10-16(29)24-13-6-7-15(20)14(8-13)19(21,22)23/h2-8H,9-10H2,1H3,(H,24,29). The number of esters is 1. The summed E-state index contributed by atoms with van der Waals surface area (Å²) in [6, 6.07) is 10.3. The van der Waals surface area contributed by atoms with Gasteiger partial charge in [0, 0.05) is 11.3 Å². The third-order valence-electron chi connectivity index (χ3n) is 3.95. The number of carbonyl (C=O) groups is 2. The Balaban J connectivity index is 1.52. The zero-order valence-corrected chi connectivity index (χ0v) is 16.7. The van der Waals surface area contributed by atoms with Crippen molar-refractivity contribution < 1.29 is 27.5 Å². The lowest BCUT2D eigenvalue weighted by molar-refractivity contribution is -0.148. The van der Waals surface area contributed by atoms with E-state index in [1.54, 1.807) is 12.1 Å². The lowest BCUT2D eigenvalue weighted by Crippen LogP contribution is -2.23. The molecule has 0 aliphatic carbocycles. The molecule has 162 valence electrons. The molecular weight excluding hydrogens is 439 g/mol. The van der Waals surface area contributed by atoms with Gasteiger partial charge in [0.05, 0.1) is 10.6 Å². The number of benzene rings is 2. The molecule has 0 spiro atoms. The van der Waals surface area contributed by atoms with Crippen molar-refractivity contribution in [1.29, 1.82) is 0 Å². The number of aromatic nitrogens is 4. The molecule has 1 amide bonds. The number of halogens is 4. The highest BCUT2D eigenvalue weighted by Gasteiger charge is 2.33. The van der Waals surface area contributed by atoms with Crippen LogP contribution in [0.4, 0.5) is 18.9 Å². The molecule has 0 saturated heterocycles. The van der Waals surface area contributed by atoms with Crippen LogP contribution in [0.25, 0.3) is 11.4 Å². The number of anilines is 1. The Hall–Kier alpha value is -3.47. The fraction of sp³-hybridized carbons (Fsp3) is 0.211. The summed E-state index contributed by atoms with van der Waals surface area (Å²) in [5.41, 5.74) is 0.543. The number of amides is 1. The van der Waals surface area contributed by atoms with E-state index in [4.69, 9.17) is 16.3 Å². The van der Waals surface area contributed by atoms with Crippen molar-refractivity contribution in [1.82, 2.24) is 20.2 Å². The first-order chi connectivity index (χ1) is 14.6. The van der Waals surface area contributed by atoms with Gasteiger partial charge in [0.25, 0.3) is 5.91 Å². The normalized spacial score (nSPS) is 11.3. The summed E-state index contributed by atoms with van der Waals surface area (Å²) in [6.07, 6.45) is -4.67. The summed E-state index contributed by atoms with van der Waals surface area (Å²) in [5.74, 6) is -1.33. The third kappa shape index (κ3) is 6.01. The van der Waals surface area contributed by atoms with Gasteiger partial charge in [-0.15, -0.1) is 10.2 Å². The second-order valence-electron chi connectivity index (χ2n) is 6.41. The zero-order valence-electron chi connectivity index (χ0n) is 16.0. The molecule has 12 heteroatoms. The molecule has 3 aromatic rings. The fourth-order valence-corrected chi connectivity index (χ4v) is 2.68. The van der Waals surface area contributed by atoms with Gasteiger partial charge in [-0.2, -0.15) is 18.0 Å². The summed E-state index contributed by atoms with van der Waals surface area (Å²) >= 11 is 5.52. The Morgan fingerprint density at radius 1 is 1.16 bits per heavy atom. The van der Waals surface area contributed by atoms with Crippen molar-refractivity contribution in [3.63, 3.8) is 0 Å². The number of nitrogens with zero attached hydrogens (tertiary/aromatic N) is 4. The lowest BCUT2D eigenvalue weighted by atomic mass is 10.1. The predicted molar refractivity (Wildman–Crippen MR) is 104 cm³/mol. The molecule has 0 atom stereocenters. The molecule has 8 nitrogen and oxygen atoms in total. The average Bonchev–Trinajstić information content (AvgIpc) is 3.16. The van der Waals surface area contributed by atoms with Gasteiger partial charge in [0.1, 0.15) is 0 Å². The maximum Gasteiger partial charge on any atom is 0.417 e. The molecule has 0 radical (unpaired) electrons. The van der Waals surface area contributed by atoms with E-state index in [1.807, 2.05) is 19.1 Å². The molecular formula is C19H15ClF3N5O3. The van der Waals surface area contributed by atoms with E-state index in [1.165, 1.54) is 6.07 Å². The number of aryl methyl sites for hydroxylation is 1. The largest absolute Gasteiger partial charge is 0.454 e. The highest BCUT2D eigenvalue weighted by molar-refractivity contribution is 6.31. The van der Waals surface area contributed by atoms with Gasteiger partial charge in [0.2, 0.25) is 5.82 Å². The van der Waals surface area contributed by atoms with Gasteiger partial charge in [-0.1, -0.05) is 41.4 Å². The smallest absolute Gasteiger partial charge is 0.417 e. The third-order valence-corrected chi connectivity index (χ3v) is 4.28. The minimum absolute atomic E-state index is 0.140. The first-order valence-electron chi connectivity index (χ1n) is 8.79. The fourth-order valence-electron chi connectivity index (χ4n) is 2.45. The Morgan fingerprint density at radius 2 is 1.87 bits per heavy atom. The molecule has 0 unspecified atom stereocenters. The van der Waals surface area contributed by atoms with Gasteiger partial charge in [-0.25, -0.2) is 4.79 Å². The molecule has 1 N–H and O–H groups in total. The minimum Gasteiger partial charge on any atom is -0.454 e. The predicted octanol–water partition coefficient (Wildman–Crippen LogP) is 3.50. The van der Waals surface area contributed by atoms with E-state index in [0.29, 0.717) is 17.5 Å². The number of rotatable bonds is 6. The van der Waals surface area contributed by atoms with Crippen LogP contribution in [0, 0.1) is 6.92 Å². The number of hydrogen-bond donors (Lipinski definition) is 1. The first kappa shape index (κ1) is 22.2. The molecule has 3 rings (SSSR count).